The topological polar surface area (TPSA) is 48.7 Å². The molecule has 1 unspecified atom stereocenters. The molecule has 2 fully saturated rings. The van der Waals surface area contributed by atoms with Gasteiger partial charge in [-0.2, -0.15) is 0 Å². The SMILES string of the molecule is Cc1c([C@@H]2CCCC(c3ncccc3Cl)N2)nc2cccc(N3CCN(C)CC3)n12. The normalized spacial score (nSPS) is 23.2. The first kappa shape index (κ1) is 19.8. The van der Waals surface area contributed by atoms with Gasteiger partial charge in [-0.3, -0.25) is 9.38 Å². The molecule has 2 atom stereocenters. The summed E-state index contributed by atoms with van der Waals surface area (Å²) in [7, 11) is 2.19. The standard InChI is InChI=1S/C23H29ClN6/c1-16-22(18-7-3-8-19(26-18)23-17(24)6-5-11-25-23)27-20-9-4-10-21(30(16)20)29-14-12-28(2)13-15-29/h4-6,9-11,18-19,26H,3,7-8,12-15H2,1-2H3/t18-,19?/m0/s1. The van der Waals surface area contributed by atoms with Crippen LogP contribution in [0.25, 0.3) is 5.65 Å². The van der Waals surface area contributed by atoms with Gasteiger partial charge in [-0.05, 0) is 57.5 Å². The molecule has 0 radical (unpaired) electrons. The summed E-state index contributed by atoms with van der Waals surface area (Å²) < 4.78 is 2.33. The zero-order valence-electron chi connectivity index (χ0n) is 17.7. The number of aromatic nitrogens is 3. The first-order valence-corrected chi connectivity index (χ1v) is 11.3. The number of pyridine rings is 2. The predicted octanol–water partition coefficient (Wildman–Crippen LogP) is 4.00. The lowest BCUT2D eigenvalue weighted by atomic mass is 9.94. The van der Waals surface area contributed by atoms with Crippen molar-refractivity contribution < 1.29 is 0 Å². The van der Waals surface area contributed by atoms with Crippen molar-refractivity contribution in [2.75, 3.05) is 38.1 Å². The van der Waals surface area contributed by atoms with Gasteiger partial charge in [-0.15, -0.1) is 0 Å². The minimum absolute atomic E-state index is 0.166. The maximum Gasteiger partial charge on any atom is 0.138 e. The Balaban J connectivity index is 1.47. The van der Waals surface area contributed by atoms with Gasteiger partial charge in [0.2, 0.25) is 0 Å². The second-order valence-electron chi connectivity index (χ2n) is 8.52. The summed E-state index contributed by atoms with van der Waals surface area (Å²) in [5.41, 5.74) is 4.35. The lowest BCUT2D eigenvalue weighted by Gasteiger charge is -2.34. The van der Waals surface area contributed by atoms with Crippen molar-refractivity contribution in [2.45, 2.75) is 38.3 Å². The highest BCUT2D eigenvalue weighted by atomic mass is 35.5. The fourth-order valence-corrected chi connectivity index (χ4v) is 5.12. The molecule has 3 aromatic rings. The number of nitrogens with one attached hydrogen (secondary N) is 1. The molecule has 7 heteroatoms. The summed E-state index contributed by atoms with van der Waals surface area (Å²) in [6.45, 7) is 6.48. The predicted molar refractivity (Wildman–Crippen MR) is 121 cm³/mol. The van der Waals surface area contributed by atoms with Crippen molar-refractivity contribution in [1.82, 2.24) is 24.6 Å². The van der Waals surface area contributed by atoms with Crippen molar-refractivity contribution in [3.8, 4) is 0 Å². The molecule has 0 aliphatic carbocycles. The van der Waals surface area contributed by atoms with Gasteiger partial charge in [-0.1, -0.05) is 17.7 Å². The Labute approximate surface area is 182 Å². The van der Waals surface area contributed by atoms with Crippen molar-refractivity contribution >= 4 is 23.1 Å². The van der Waals surface area contributed by atoms with Gasteiger partial charge in [0.05, 0.1) is 28.5 Å². The number of hydrogen-bond donors (Lipinski definition) is 1. The lowest BCUT2D eigenvalue weighted by molar-refractivity contribution is 0.311. The third-order valence-corrected chi connectivity index (χ3v) is 6.87. The van der Waals surface area contributed by atoms with Crippen LogP contribution in [0.3, 0.4) is 0 Å². The minimum Gasteiger partial charge on any atom is -0.355 e. The third kappa shape index (κ3) is 3.57. The third-order valence-electron chi connectivity index (χ3n) is 6.55. The van der Waals surface area contributed by atoms with E-state index in [-0.39, 0.29) is 12.1 Å². The first-order valence-electron chi connectivity index (χ1n) is 10.9. The van der Waals surface area contributed by atoms with Crippen LogP contribution in [0.15, 0.2) is 36.5 Å². The molecule has 30 heavy (non-hydrogen) atoms. The van der Waals surface area contributed by atoms with E-state index in [0.717, 1.165) is 67.5 Å². The Kier molecular flexibility index (Phi) is 5.39. The van der Waals surface area contributed by atoms with Crippen LogP contribution in [-0.2, 0) is 0 Å². The number of aryl methyl sites for hydroxylation is 1. The van der Waals surface area contributed by atoms with Crippen molar-refractivity contribution in [3.63, 3.8) is 0 Å². The van der Waals surface area contributed by atoms with Gasteiger partial charge in [0, 0.05) is 38.1 Å². The van der Waals surface area contributed by atoms with E-state index >= 15 is 0 Å². The van der Waals surface area contributed by atoms with Gasteiger partial charge in [0.15, 0.2) is 0 Å². The summed E-state index contributed by atoms with van der Waals surface area (Å²) in [4.78, 5) is 14.5. The van der Waals surface area contributed by atoms with Gasteiger partial charge < -0.3 is 15.1 Å². The molecule has 6 nitrogen and oxygen atoms in total. The zero-order chi connectivity index (χ0) is 20.7. The number of hydrogen-bond acceptors (Lipinski definition) is 5. The van der Waals surface area contributed by atoms with E-state index < -0.39 is 0 Å². The van der Waals surface area contributed by atoms with Crippen molar-refractivity contribution in [3.05, 3.63) is 58.6 Å². The molecular weight excluding hydrogens is 396 g/mol. The summed E-state index contributed by atoms with van der Waals surface area (Å²) in [5, 5.41) is 4.53. The van der Waals surface area contributed by atoms with Gasteiger partial charge >= 0.3 is 0 Å². The van der Waals surface area contributed by atoms with Gasteiger partial charge in [0.25, 0.3) is 0 Å². The Morgan fingerprint density at radius 1 is 1.00 bits per heavy atom. The second-order valence-corrected chi connectivity index (χ2v) is 8.93. The van der Waals surface area contributed by atoms with E-state index in [1.54, 1.807) is 0 Å². The molecule has 5 heterocycles. The number of piperazine rings is 1. The number of imidazole rings is 1. The number of fused-ring (bicyclic) bond motifs is 1. The van der Waals surface area contributed by atoms with Gasteiger partial charge in [-0.25, -0.2) is 4.98 Å². The minimum atomic E-state index is 0.166. The van der Waals surface area contributed by atoms with Crippen molar-refractivity contribution in [1.29, 1.82) is 0 Å². The average molecular weight is 425 g/mol. The Morgan fingerprint density at radius 3 is 2.53 bits per heavy atom. The molecule has 2 aliphatic rings. The molecule has 0 amide bonds. The van der Waals surface area contributed by atoms with Crippen LogP contribution in [0, 0.1) is 6.92 Å². The van der Waals surface area contributed by atoms with E-state index in [1.165, 1.54) is 11.5 Å². The summed E-state index contributed by atoms with van der Waals surface area (Å²) in [6, 6.07) is 10.7. The largest absolute Gasteiger partial charge is 0.355 e. The zero-order valence-corrected chi connectivity index (χ0v) is 18.4. The molecule has 0 saturated carbocycles. The maximum atomic E-state index is 6.43. The first-order chi connectivity index (χ1) is 14.6. The number of halogens is 1. The van der Waals surface area contributed by atoms with Crippen LogP contribution in [0.5, 0.6) is 0 Å². The molecule has 3 aromatic heterocycles. The fraction of sp³-hybridized carbons (Fsp3) is 0.478. The van der Waals surface area contributed by atoms with Gasteiger partial charge in [0.1, 0.15) is 11.5 Å². The van der Waals surface area contributed by atoms with Crippen LogP contribution in [0.2, 0.25) is 5.02 Å². The summed E-state index contributed by atoms with van der Waals surface area (Å²) in [6.07, 6.45) is 5.08. The Hall–Kier alpha value is -2.15. The van der Waals surface area contributed by atoms with Crippen LogP contribution in [-0.4, -0.2) is 52.5 Å². The number of nitrogens with zero attached hydrogens (tertiary/aromatic N) is 5. The Bertz CT molecular complexity index is 1040. The summed E-state index contributed by atoms with van der Waals surface area (Å²) in [5.74, 6) is 1.25. The highest BCUT2D eigenvalue weighted by molar-refractivity contribution is 6.31. The van der Waals surface area contributed by atoms with Crippen LogP contribution in [0.4, 0.5) is 5.82 Å². The van der Waals surface area contributed by atoms with E-state index in [1.807, 2.05) is 18.3 Å². The molecule has 1 N–H and O–H groups in total. The van der Waals surface area contributed by atoms with Crippen LogP contribution in [0.1, 0.15) is 48.4 Å². The van der Waals surface area contributed by atoms with Crippen molar-refractivity contribution in [2.24, 2.45) is 0 Å². The maximum absolute atomic E-state index is 6.43. The molecule has 0 aromatic carbocycles. The molecule has 5 rings (SSSR count). The Morgan fingerprint density at radius 2 is 1.77 bits per heavy atom. The highest BCUT2D eigenvalue weighted by Crippen LogP contribution is 2.36. The number of likely N-dealkylation sites (N-methyl/N-ethyl adjacent to an activating group) is 1. The average Bonchev–Trinajstić information content (AvgIpc) is 3.12. The molecule has 158 valence electrons. The van der Waals surface area contributed by atoms with E-state index in [2.05, 4.69) is 56.7 Å². The molecule has 2 aliphatic heterocycles. The summed E-state index contributed by atoms with van der Waals surface area (Å²) >= 11 is 6.43. The van der Waals surface area contributed by atoms with E-state index in [9.17, 15) is 0 Å². The molecular formula is C23H29ClN6. The van der Waals surface area contributed by atoms with E-state index in [4.69, 9.17) is 16.6 Å². The number of rotatable bonds is 3. The number of piperidine rings is 1. The molecule has 0 spiro atoms. The second kappa shape index (κ2) is 8.17. The smallest absolute Gasteiger partial charge is 0.138 e. The molecule has 2 saturated heterocycles. The molecule has 0 bridgehead atoms. The monoisotopic (exact) mass is 424 g/mol. The fourth-order valence-electron chi connectivity index (χ4n) is 4.87. The van der Waals surface area contributed by atoms with Crippen LogP contribution < -0.4 is 10.2 Å². The van der Waals surface area contributed by atoms with Crippen LogP contribution >= 0.6 is 11.6 Å². The highest BCUT2D eigenvalue weighted by Gasteiger charge is 2.29. The quantitative estimate of drug-likeness (QED) is 0.688. The number of anilines is 1. The van der Waals surface area contributed by atoms with E-state index in [0.29, 0.717) is 0 Å². The lowest BCUT2D eigenvalue weighted by Crippen LogP contribution is -2.45.